The molecule has 7 nitrogen and oxygen atoms in total. The predicted molar refractivity (Wildman–Crippen MR) is 119 cm³/mol. The first kappa shape index (κ1) is 23.9. The predicted octanol–water partition coefficient (Wildman–Crippen LogP) is 2.55. The summed E-state index contributed by atoms with van der Waals surface area (Å²) in [5.74, 6) is -1.24. The minimum absolute atomic E-state index is 0.152. The molecular weight excluding hydrogens is 433 g/mol. The van der Waals surface area contributed by atoms with E-state index in [4.69, 9.17) is 0 Å². The maximum Gasteiger partial charge on any atom is 0.251 e. The van der Waals surface area contributed by atoms with Crippen LogP contribution in [0.3, 0.4) is 0 Å². The fourth-order valence-electron chi connectivity index (χ4n) is 3.64. The Morgan fingerprint density at radius 3 is 2.16 bits per heavy atom. The number of benzene rings is 2. The summed E-state index contributed by atoms with van der Waals surface area (Å²) in [7, 11) is -3.61. The van der Waals surface area contributed by atoms with Gasteiger partial charge in [0.05, 0.1) is 4.90 Å². The molecule has 9 heteroatoms. The van der Waals surface area contributed by atoms with E-state index in [1.807, 2.05) is 13.8 Å². The van der Waals surface area contributed by atoms with Crippen molar-refractivity contribution in [2.45, 2.75) is 43.7 Å². The molecule has 2 N–H and O–H groups in total. The van der Waals surface area contributed by atoms with Gasteiger partial charge in [0.25, 0.3) is 5.91 Å². The molecule has 0 saturated carbocycles. The van der Waals surface area contributed by atoms with Gasteiger partial charge in [-0.05, 0) is 55.2 Å². The summed E-state index contributed by atoms with van der Waals surface area (Å²) in [6, 6.07) is 12.3. The summed E-state index contributed by atoms with van der Waals surface area (Å²) < 4.78 is 40.9. The van der Waals surface area contributed by atoms with Gasteiger partial charge in [0.1, 0.15) is 11.9 Å². The second-order valence-electron chi connectivity index (χ2n) is 8.24. The molecule has 1 atom stereocenters. The van der Waals surface area contributed by atoms with Crippen molar-refractivity contribution >= 4 is 21.8 Å². The minimum atomic E-state index is -3.61. The zero-order valence-electron chi connectivity index (χ0n) is 18.1. The molecule has 0 bridgehead atoms. The van der Waals surface area contributed by atoms with E-state index in [2.05, 4.69) is 10.0 Å². The van der Waals surface area contributed by atoms with E-state index in [0.29, 0.717) is 25.9 Å². The van der Waals surface area contributed by atoms with Gasteiger partial charge in [0.2, 0.25) is 15.9 Å². The standard InChI is InChI=1S/C23H28FN3O4S/c1-16(2)21(25-22(28)17-8-10-18(24)11-9-17)23(29)27-14-12-19(13-15-27)26-32(30,31)20-6-4-3-5-7-20/h3-11,16,19,21,26H,12-15H2,1-2H3,(H,25,28). The molecule has 0 radical (unpaired) electrons. The maximum absolute atomic E-state index is 13.1. The molecule has 0 spiro atoms. The number of amides is 2. The van der Waals surface area contributed by atoms with Crippen molar-refractivity contribution in [2.24, 2.45) is 5.92 Å². The number of sulfonamides is 1. The number of carbonyl (C=O) groups excluding carboxylic acids is 2. The molecule has 32 heavy (non-hydrogen) atoms. The van der Waals surface area contributed by atoms with Crippen LogP contribution in [-0.4, -0.2) is 50.3 Å². The normalized spacial score (nSPS) is 16.1. The lowest BCUT2D eigenvalue weighted by Gasteiger charge is -2.35. The second-order valence-corrected chi connectivity index (χ2v) is 9.95. The van der Waals surface area contributed by atoms with Crippen LogP contribution in [0.1, 0.15) is 37.0 Å². The number of nitrogens with zero attached hydrogens (tertiary/aromatic N) is 1. The highest BCUT2D eigenvalue weighted by molar-refractivity contribution is 7.89. The lowest BCUT2D eigenvalue weighted by molar-refractivity contribution is -0.135. The van der Waals surface area contributed by atoms with Crippen molar-refractivity contribution in [3.63, 3.8) is 0 Å². The lowest BCUT2D eigenvalue weighted by Crippen LogP contribution is -2.54. The summed E-state index contributed by atoms with van der Waals surface area (Å²) >= 11 is 0. The first-order valence-electron chi connectivity index (χ1n) is 10.6. The van der Waals surface area contributed by atoms with Crippen molar-refractivity contribution in [3.05, 3.63) is 66.0 Å². The fraction of sp³-hybridized carbons (Fsp3) is 0.391. The molecule has 1 aliphatic heterocycles. The van der Waals surface area contributed by atoms with Gasteiger partial charge in [-0.3, -0.25) is 9.59 Å². The van der Waals surface area contributed by atoms with Crippen LogP contribution in [-0.2, 0) is 14.8 Å². The molecule has 1 aliphatic rings. The molecule has 1 unspecified atom stereocenters. The molecule has 3 rings (SSSR count). The van der Waals surface area contributed by atoms with Crippen LogP contribution in [0.2, 0.25) is 0 Å². The highest BCUT2D eigenvalue weighted by atomic mass is 32.2. The van der Waals surface area contributed by atoms with Crippen molar-refractivity contribution in [3.8, 4) is 0 Å². The molecular formula is C23H28FN3O4S. The number of hydrogen-bond acceptors (Lipinski definition) is 4. The van der Waals surface area contributed by atoms with E-state index in [-0.39, 0.29) is 28.3 Å². The van der Waals surface area contributed by atoms with E-state index in [0.717, 1.165) is 0 Å². The fourth-order valence-corrected chi connectivity index (χ4v) is 4.97. The molecule has 172 valence electrons. The van der Waals surface area contributed by atoms with Crippen LogP contribution in [0, 0.1) is 11.7 Å². The third kappa shape index (κ3) is 5.92. The van der Waals surface area contributed by atoms with Crippen LogP contribution >= 0.6 is 0 Å². The van der Waals surface area contributed by atoms with Crippen molar-refractivity contribution in [1.82, 2.24) is 14.9 Å². The molecule has 2 amide bonds. The van der Waals surface area contributed by atoms with Gasteiger partial charge in [-0.25, -0.2) is 17.5 Å². The van der Waals surface area contributed by atoms with Crippen molar-refractivity contribution in [1.29, 1.82) is 0 Å². The number of nitrogens with one attached hydrogen (secondary N) is 2. The van der Waals surface area contributed by atoms with Gasteiger partial charge in [-0.1, -0.05) is 32.0 Å². The first-order chi connectivity index (χ1) is 15.2. The number of hydrogen-bond donors (Lipinski definition) is 2. The van der Waals surface area contributed by atoms with E-state index in [1.54, 1.807) is 23.1 Å². The van der Waals surface area contributed by atoms with E-state index < -0.39 is 27.8 Å². The average Bonchev–Trinajstić information content (AvgIpc) is 2.78. The Morgan fingerprint density at radius 2 is 1.59 bits per heavy atom. The Bertz CT molecular complexity index is 1030. The summed E-state index contributed by atoms with van der Waals surface area (Å²) in [5.41, 5.74) is 0.277. The summed E-state index contributed by atoms with van der Waals surface area (Å²) in [6.45, 7) is 4.45. The number of likely N-dealkylation sites (tertiary alicyclic amines) is 1. The molecule has 2 aromatic carbocycles. The van der Waals surface area contributed by atoms with Gasteiger partial charge in [-0.2, -0.15) is 0 Å². The van der Waals surface area contributed by atoms with Crippen LogP contribution in [0.15, 0.2) is 59.5 Å². The van der Waals surface area contributed by atoms with Crippen molar-refractivity contribution < 1.29 is 22.4 Å². The number of rotatable bonds is 7. The lowest BCUT2D eigenvalue weighted by atomic mass is 9.99. The number of halogens is 1. The van der Waals surface area contributed by atoms with Gasteiger partial charge < -0.3 is 10.2 Å². The Balaban J connectivity index is 1.58. The van der Waals surface area contributed by atoms with E-state index in [9.17, 15) is 22.4 Å². The van der Waals surface area contributed by atoms with Crippen LogP contribution < -0.4 is 10.0 Å². The molecule has 1 heterocycles. The molecule has 2 aromatic rings. The van der Waals surface area contributed by atoms with E-state index in [1.165, 1.54) is 36.4 Å². The summed E-state index contributed by atoms with van der Waals surface area (Å²) in [4.78, 5) is 27.5. The number of carbonyl (C=O) groups is 2. The summed E-state index contributed by atoms with van der Waals surface area (Å²) in [6.07, 6.45) is 0.961. The zero-order valence-corrected chi connectivity index (χ0v) is 18.9. The topological polar surface area (TPSA) is 95.6 Å². The Hall–Kier alpha value is -2.78. The summed E-state index contributed by atoms with van der Waals surface area (Å²) in [5, 5.41) is 2.76. The van der Waals surface area contributed by atoms with Gasteiger partial charge in [0, 0.05) is 24.7 Å². The SMILES string of the molecule is CC(C)C(NC(=O)c1ccc(F)cc1)C(=O)N1CCC(NS(=O)(=O)c2ccccc2)CC1. The van der Waals surface area contributed by atoms with Gasteiger partial charge in [0.15, 0.2) is 0 Å². The largest absolute Gasteiger partial charge is 0.341 e. The minimum Gasteiger partial charge on any atom is -0.341 e. The van der Waals surface area contributed by atoms with Crippen LogP contribution in [0.25, 0.3) is 0 Å². The quantitative estimate of drug-likeness (QED) is 0.663. The highest BCUT2D eigenvalue weighted by Crippen LogP contribution is 2.17. The third-order valence-corrected chi connectivity index (χ3v) is 7.04. The third-order valence-electron chi connectivity index (χ3n) is 5.51. The molecule has 0 aliphatic carbocycles. The monoisotopic (exact) mass is 461 g/mol. The zero-order chi connectivity index (χ0) is 23.3. The van der Waals surface area contributed by atoms with Crippen LogP contribution in [0.5, 0.6) is 0 Å². The second kappa shape index (κ2) is 10.2. The van der Waals surface area contributed by atoms with Crippen LogP contribution in [0.4, 0.5) is 4.39 Å². The Kier molecular flexibility index (Phi) is 7.63. The Labute approximate surface area is 188 Å². The molecule has 1 saturated heterocycles. The highest BCUT2D eigenvalue weighted by Gasteiger charge is 2.32. The van der Waals surface area contributed by atoms with Crippen molar-refractivity contribution in [2.75, 3.05) is 13.1 Å². The maximum atomic E-state index is 13.1. The smallest absolute Gasteiger partial charge is 0.251 e. The number of piperidine rings is 1. The Morgan fingerprint density at radius 1 is 1.00 bits per heavy atom. The van der Waals surface area contributed by atoms with E-state index >= 15 is 0 Å². The molecule has 0 aromatic heterocycles. The molecule has 1 fully saturated rings. The average molecular weight is 462 g/mol. The van der Waals surface area contributed by atoms with Gasteiger partial charge in [-0.15, -0.1) is 0 Å². The van der Waals surface area contributed by atoms with Gasteiger partial charge >= 0.3 is 0 Å². The first-order valence-corrected chi connectivity index (χ1v) is 12.1.